The molecule has 0 bridgehead atoms. The van der Waals surface area contributed by atoms with Crippen molar-refractivity contribution in [3.05, 3.63) is 0 Å². The molecule has 0 aliphatic rings. The number of aliphatic imine (C=N–C) groups is 1. The summed E-state index contributed by atoms with van der Waals surface area (Å²) in [7, 11) is -0.817. The van der Waals surface area contributed by atoms with Crippen molar-refractivity contribution in [2.24, 2.45) is 10.9 Å². The van der Waals surface area contributed by atoms with Gasteiger partial charge in [0.15, 0.2) is 5.96 Å². The molecule has 1 unspecified atom stereocenters. The second-order valence-corrected chi connectivity index (χ2v) is 9.06. The Balaban J connectivity index is 4.03. The first-order valence-corrected chi connectivity index (χ1v) is 9.50. The Kier molecular flexibility index (Phi) is 10.7. The molecule has 21 heavy (non-hydrogen) atoms. The average Bonchev–Trinajstić information content (AvgIpc) is 2.36. The average molecular weight is 318 g/mol. The largest absolute Gasteiger partial charge is 0.357 e. The van der Waals surface area contributed by atoms with Crippen LogP contribution in [-0.2, 0) is 10.8 Å². The summed E-state index contributed by atoms with van der Waals surface area (Å²) in [6, 6.07) is 0. The van der Waals surface area contributed by atoms with Crippen molar-refractivity contribution in [3.8, 4) is 0 Å². The highest BCUT2D eigenvalue weighted by molar-refractivity contribution is 7.86. The van der Waals surface area contributed by atoms with Crippen molar-refractivity contribution < 1.29 is 4.21 Å². The summed E-state index contributed by atoms with van der Waals surface area (Å²) < 4.78 is 11.8. The van der Waals surface area contributed by atoms with Crippen molar-refractivity contribution in [3.63, 3.8) is 0 Å². The van der Waals surface area contributed by atoms with E-state index >= 15 is 0 Å². The molecule has 0 rings (SSSR count). The highest BCUT2D eigenvalue weighted by atomic mass is 32.2. The maximum Gasteiger partial charge on any atom is 0.191 e. The molecule has 0 aliphatic heterocycles. The first-order valence-electron chi connectivity index (χ1n) is 8.18. The molecule has 0 saturated heterocycles. The molecule has 0 aromatic heterocycles. The quantitative estimate of drug-likeness (QED) is 0.390. The van der Waals surface area contributed by atoms with E-state index in [0.717, 1.165) is 31.4 Å². The summed E-state index contributed by atoms with van der Waals surface area (Å²) in [6.45, 7) is 15.0. The lowest BCUT2D eigenvalue weighted by atomic mass is 10.1. The van der Waals surface area contributed by atoms with E-state index in [1.54, 1.807) is 0 Å². The fourth-order valence-corrected chi connectivity index (χ4v) is 2.67. The molecule has 0 aliphatic carbocycles. The van der Waals surface area contributed by atoms with Crippen LogP contribution in [0.5, 0.6) is 0 Å². The topological polar surface area (TPSA) is 53.5 Å². The van der Waals surface area contributed by atoms with Crippen LogP contribution in [0.1, 0.15) is 60.8 Å². The molecule has 0 aromatic carbocycles. The number of nitrogens with one attached hydrogen (secondary N) is 2. The van der Waals surface area contributed by atoms with E-state index in [9.17, 15) is 4.21 Å². The first-order chi connectivity index (χ1) is 9.77. The van der Waals surface area contributed by atoms with E-state index in [2.05, 4.69) is 36.4 Å². The van der Waals surface area contributed by atoms with Gasteiger partial charge in [0.2, 0.25) is 0 Å². The van der Waals surface area contributed by atoms with Gasteiger partial charge in [-0.2, -0.15) is 0 Å². The van der Waals surface area contributed by atoms with Crippen molar-refractivity contribution in [2.45, 2.75) is 65.6 Å². The van der Waals surface area contributed by atoms with E-state index in [1.165, 1.54) is 12.8 Å². The summed E-state index contributed by atoms with van der Waals surface area (Å²) in [5.41, 5.74) is 0. The summed E-state index contributed by atoms with van der Waals surface area (Å²) in [6.07, 6.45) is 3.63. The van der Waals surface area contributed by atoms with Gasteiger partial charge in [0, 0.05) is 40.9 Å². The van der Waals surface area contributed by atoms with Gasteiger partial charge in [0.25, 0.3) is 0 Å². The summed E-state index contributed by atoms with van der Waals surface area (Å²) in [5.74, 6) is 2.27. The molecule has 0 heterocycles. The second kappa shape index (κ2) is 11.0. The molecule has 0 spiro atoms. The van der Waals surface area contributed by atoms with Crippen LogP contribution in [0.3, 0.4) is 0 Å². The molecule has 126 valence electrons. The van der Waals surface area contributed by atoms with Crippen molar-refractivity contribution >= 4 is 16.8 Å². The monoisotopic (exact) mass is 317 g/mol. The molecular weight excluding hydrogens is 282 g/mol. The third-order valence-electron chi connectivity index (χ3n) is 3.07. The Labute approximate surface area is 134 Å². The van der Waals surface area contributed by atoms with Gasteiger partial charge in [0.1, 0.15) is 0 Å². The maximum atomic E-state index is 12.0. The van der Waals surface area contributed by atoms with Crippen molar-refractivity contribution in [1.82, 2.24) is 10.6 Å². The van der Waals surface area contributed by atoms with E-state index in [1.807, 2.05) is 20.8 Å². The van der Waals surface area contributed by atoms with Gasteiger partial charge in [-0.25, -0.2) is 0 Å². The lowest BCUT2D eigenvalue weighted by molar-refractivity contribution is 0.541. The van der Waals surface area contributed by atoms with Crippen LogP contribution >= 0.6 is 0 Å². The summed E-state index contributed by atoms with van der Waals surface area (Å²) in [5, 5.41) is 6.50. The van der Waals surface area contributed by atoms with Crippen LogP contribution in [0.4, 0.5) is 0 Å². The minimum Gasteiger partial charge on any atom is -0.357 e. The van der Waals surface area contributed by atoms with E-state index in [-0.39, 0.29) is 4.75 Å². The first kappa shape index (κ1) is 20.4. The second-order valence-electron chi connectivity index (χ2n) is 6.74. The highest BCUT2D eigenvalue weighted by Crippen LogP contribution is 2.10. The van der Waals surface area contributed by atoms with Crippen LogP contribution in [0, 0.1) is 5.92 Å². The van der Waals surface area contributed by atoms with Gasteiger partial charge < -0.3 is 10.6 Å². The van der Waals surface area contributed by atoms with Crippen molar-refractivity contribution in [1.29, 1.82) is 0 Å². The molecule has 0 radical (unpaired) electrons. The number of unbranched alkanes of at least 4 members (excludes halogenated alkanes) is 1. The third kappa shape index (κ3) is 11.7. The van der Waals surface area contributed by atoms with Gasteiger partial charge in [0.05, 0.1) is 0 Å². The Morgan fingerprint density at radius 3 is 2.38 bits per heavy atom. The lowest BCUT2D eigenvalue weighted by Crippen LogP contribution is -2.40. The highest BCUT2D eigenvalue weighted by Gasteiger charge is 2.18. The zero-order valence-electron chi connectivity index (χ0n) is 14.8. The Morgan fingerprint density at radius 2 is 1.86 bits per heavy atom. The molecule has 0 fully saturated rings. The Morgan fingerprint density at radius 1 is 1.19 bits per heavy atom. The molecule has 4 nitrogen and oxygen atoms in total. The van der Waals surface area contributed by atoms with Gasteiger partial charge in [-0.15, -0.1) is 0 Å². The smallest absolute Gasteiger partial charge is 0.191 e. The van der Waals surface area contributed by atoms with E-state index in [0.29, 0.717) is 12.3 Å². The third-order valence-corrected chi connectivity index (χ3v) is 5.01. The number of nitrogens with zero attached hydrogens (tertiary/aromatic N) is 1. The molecule has 0 aromatic rings. The molecule has 2 N–H and O–H groups in total. The van der Waals surface area contributed by atoms with Crippen LogP contribution in [0.2, 0.25) is 0 Å². The molecule has 1 atom stereocenters. The summed E-state index contributed by atoms with van der Waals surface area (Å²) >= 11 is 0. The predicted molar refractivity (Wildman–Crippen MR) is 95.4 cm³/mol. The Bertz CT molecular complexity index is 322. The minimum absolute atomic E-state index is 0.145. The van der Waals surface area contributed by atoms with Crippen LogP contribution in [0.15, 0.2) is 4.99 Å². The number of hydrogen-bond acceptors (Lipinski definition) is 2. The fourth-order valence-electron chi connectivity index (χ4n) is 1.77. The van der Waals surface area contributed by atoms with E-state index < -0.39 is 10.8 Å². The van der Waals surface area contributed by atoms with Crippen LogP contribution in [0.25, 0.3) is 0 Å². The number of rotatable bonds is 9. The predicted octanol–water partition coefficient (Wildman–Crippen LogP) is 2.92. The van der Waals surface area contributed by atoms with Crippen LogP contribution in [-0.4, -0.2) is 40.3 Å². The zero-order valence-corrected chi connectivity index (χ0v) is 15.6. The van der Waals surface area contributed by atoms with Crippen LogP contribution < -0.4 is 10.6 Å². The summed E-state index contributed by atoms with van der Waals surface area (Å²) in [4.78, 5) is 4.56. The van der Waals surface area contributed by atoms with Gasteiger partial charge >= 0.3 is 0 Å². The number of hydrogen-bond donors (Lipinski definition) is 2. The van der Waals surface area contributed by atoms with Gasteiger partial charge in [-0.1, -0.05) is 26.7 Å². The SMILES string of the molecule is CCNC(=NCCCCC(C)C)NCCS(=O)C(C)(C)C. The fraction of sp³-hybridized carbons (Fsp3) is 0.938. The van der Waals surface area contributed by atoms with Gasteiger partial charge in [-0.3, -0.25) is 9.20 Å². The number of guanidine groups is 1. The van der Waals surface area contributed by atoms with E-state index in [4.69, 9.17) is 0 Å². The molecule has 5 heteroatoms. The van der Waals surface area contributed by atoms with Crippen molar-refractivity contribution in [2.75, 3.05) is 25.4 Å². The zero-order chi connectivity index (χ0) is 16.3. The molecular formula is C16H35N3OS. The minimum atomic E-state index is -0.817. The molecule has 0 saturated carbocycles. The standard InChI is InChI=1S/C16H35N3OS/c1-7-17-15(18-11-9-8-10-14(2)3)19-12-13-21(20)16(4,5)6/h14H,7-13H2,1-6H3,(H2,17,18,19). The maximum absolute atomic E-state index is 12.0. The normalized spacial score (nSPS) is 14.3. The lowest BCUT2D eigenvalue weighted by Gasteiger charge is -2.18. The Hall–Kier alpha value is -0.580. The molecule has 0 amide bonds. The van der Waals surface area contributed by atoms with Gasteiger partial charge in [-0.05, 0) is 40.0 Å².